The van der Waals surface area contributed by atoms with Gasteiger partial charge in [-0.2, -0.15) is 5.10 Å². The van der Waals surface area contributed by atoms with Gasteiger partial charge in [0.25, 0.3) is 0 Å². The summed E-state index contributed by atoms with van der Waals surface area (Å²) in [4.78, 5) is 36.8. The van der Waals surface area contributed by atoms with Crippen molar-refractivity contribution in [3.05, 3.63) is 66.9 Å². The fourth-order valence-corrected chi connectivity index (χ4v) is 6.01. The molecule has 234 valence electrons. The monoisotopic (exact) mass is 618 g/mol. The third-order valence-corrected chi connectivity index (χ3v) is 8.39. The zero-order valence-corrected chi connectivity index (χ0v) is 25.8. The van der Waals surface area contributed by atoms with Gasteiger partial charge in [-0.15, -0.1) is 0 Å². The fraction of sp³-hybridized carbons (Fsp3) is 0.294. The molecule has 11 nitrogen and oxygen atoms in total. The van der Waals surface area contributed by atoms with Gasteiger partial charge in [-0.05, 0) is 75.0 Å². The molecule has 0 radical (unpaired) electrons. The summed E-state index contributed by atoms with van der Waals surface area (Å²) in [6, 6.07) is 12.4. The second-order valence-electron chi connectivity index (χ2n) is 12.1. The molecule has 1 fully saturated rings. The molecule has 0 bridgehead atoms. The molecule has 0 saturated heterocycles. The Balaban J connectivity index is 1.19. The number of hydrogen-bond acceptors (Lipinski definition) is 8. The molecule has 0 aliphatic heterocycles. The van der Waals surface area contributed by atoms with Crippen LogP contribution in [0.2, 0.25) is 0 Å². The Labute approximate surface area is 265 Å². The molecule has 1 aromatic carbocycles. The third-order valence-electron chi connectivity index (χ3n) is 8.39. The van der Waals surface area contributed by atoms with Gasteiger partial charge in [-0.1, -0.05) is 19.3 Å². The van der Waals surface area contributed by atoms with Crippen LogP contribution < -0.4 is 10.6 Å². The lowest BCUT2D eigenvalue weighted by Crippen LogP contribution is -2.24. The van der Waals surface area contributed by atoms with Crippen molar-refractivity contribution in [2.24, 2.45) is 5.92 Å². The van der Waals surface area contributed by atoms with Gasteiger partial charge in [0.2, 0.25) is 5.91 Å². The zero-order valence-electron chi connectivity index (χ0n) is 25.8. The molecule has 5 heterocycles. The van der Waals surface area contributed by atoms with Crippen molar-refractivity contribution in [2.45, 2.75) is 32.1 Å². The number of imidazole rings is 1. The topological polar surface area (TPSA) is 140 Å². The predicted molar refractivity (Wildman–Crippen MR) is 178 cm³/mol. The molecule has 0 spiro atoms. The van der Waals surface area contributed by atoms with Crippen LogP contribution in [0.1, 0.15) is 32.1 Å². The highest BCUT2D eigenvalue weighted by Gasteiger charge is 2.22. The van der Waals surface area contributed by atoms with Crippen LogP contribution in [0.15, 0.2) is 61.1 Å². The van der Waals surface area contributed by atoms with Gasteiger partial charge < -0.3 is 20.5 Å². The largest absolute Gasteiger partial charge is 0.384 e. The van der Waals surface area contributed by atoms with Gasteiger partial charge in [0.15, 0.2) is 17.2 Å². The van der Waals surface area contributed by atoms with Crippen LogP contribution in [0.3, 0.4) is 0 Å². The first kappa shape index (κ1) is 29.5. The van der Waals surface area contributed by atoms with Gasteiger partial charge in [-0.25, -0.2) is 19.3 Å². The average molecular weight is 619 g/mol. The molecule has 1 aliphatic carbocycles. The molecule has 0 atom stereocenters. The number of amides is 1. The normalized spacial score (nSPS) is 13.9. The molecule has 4 N–H and O–H groups in total. The first-order chi connectivity index (χ1) is 22.4. The van der Waals surface area contributed by atoms with Crippen LogP contribution in [0, 0.1) is 11.7 Å². The number of aromatic amines is 2. The number of carbonyl (C=O) groups excluding carboxylic acids is 1. The second kappa shape index (κ2) is 12.6. The van der Waals surface area contributed by atoms with E-state index in [0.717, 1.165) is 48.9 Å². The highest BCUT2D eigenvalue weighted by molar-refractivity contribution is 5.96. The number of carbonyl (C=O) groups is 1. The van der Waals surface area contributed by atoms with Gasteiger partial charge in [0, 0.05) is 48.2 Å². The number of likely N-dealkylation sites (N-methyl/N-ethyl adjacent to an activating group) is 1. The van der Waals surface area contributed by atoms with Crippen molar-refractivity contribution < 1.29 is 9.18 Å². The van der Waals surface area contributed by atoms with Gasteiger partial charge >= 0.3 is 0 Å². The summed E-state index contributed by atoms with van der Waals surface area (Å²) >= 11 is 0. The Morgan fingerprint density at radius 2 is 1.83 bits per heavy atom. The number of fused-ring (bicyclic) bond motifs is 2. The summed E-state index contributed by atoms with van der Waals surface area (Å²) < 4.78 is 14.7. The van der Waals surface area contributed by atoms with Crippen molar-refractivity contribution in [1.29, 1.82) is 0 Å². The van der Waals surface area contributed by atoms with E-state index in [1.165, 1.54) is 18.6 Å². The first-order valence-electron chi connectivity index (χ1n) is 15.6. The molecular weight excluding hydrogens is 583 g/mol. The highest BCUT2D eigenvalue weighted by Crippen LogP contribution is 2.33. The highest BCUT2D eigenvalue weighted by atomic mass is 19.1. The van der Waals surface area contributed by atoms with Crippen molar-refractivity contribution in [2.75, 3.05) is 37.8 Å². The van der Waals surface area contributed by atoms with Crippen LogP contribution in [-0.4, -0.2) is 73.1 Å². The second-order valence-corrected chi connectivity index (χ2v) is 12.1. The number of pyridine rings is 3. The van der Waals surface area contributed by atoms with Crippen LogP contribution in [0.5, 0.6) is 0 Å². The molecule has 6 aromatic rings. The molecule has 7 rings (SSSR count). The van der Waals surface area contributed by atoms with Gasteiger partial charge in [0.05, 0.1) is 23.1 Å². The first-order valence-corrected chi connectivity index (χ1v) is 15.6. The lowest BCUT2D eigenvalue weighted by molar-refractivity contribution is -0.120. The molecule has 46 heavy (non-hydrogen) atoms. The van der Waals surface area contributed by atoms with Crippen molar-refractivity contribution >= 4 is 39.5 Å². The maximum absolute atomic E-state index is 14.7. The van der Waals surface area contributed by atoms with E-state index in [1.807, 2.05) is 44.4 Å². The molecule has 1 saturated carbocycles. The number of benzene rings is 1. The Morgan fingerprint density at radius 1 is 0.978 bits per heavy atom. The third kappa shape index (κ3) is 6.16. The Kier molecular flexibility index (Phi) is 8.10. The summed E-state index contributed by atoms with van der Waals surface area (Å²) in [5, 5.41) is 13.9. The average Bonchev–Trinajstić information content (AvgIpc) is 3.69. The summed E-state index contributed by atoms with van der Waals surface area (Å²) in [5.74, 6) is 0.241. The molecule has 5 aromatic heterocycles. The summed E-state index contributed by atoms with van der Waals surface area (Å²) in [7, 11) is 3.99. The number of halogens is 1. The maximum Gasteiger partial charge on any atom is 0.227 e. The van der Waals surface area contributed by atoms with E-state index >= 15 is 0 Å². The zero-order chi connectivity index (χ0) is 31.6. The number of nitrogens with one attached hydrogen (secondary N) is 4. The van der Waals surface area contributed by atoms with E-state index in [1.54, 1.807) is 18.6 Å². The minimum Gasteiger partial charge on any atom is -0.384 e. The fourth-order valence-electron chi connectivity index (χ4n) is 6.01. The lowest BCUT2D eigenvalue weighted by Gasteiger charge is -2.20. The van der Waals surface area contributed by atoms with E-state index in [-0.39, 0.29) is 17.6 Å². The summed E-state index contributed by atoms with van der Waals surface area (Å²) in [6.45, 7) is 1.51. The number of aromatic nitrogens is 7. The Hall–Kier alpha value is -5.23. The molecule has 0 unspecified atom stereocenters. The van der Waals surface area contributed by atoms with E-state index in [0.29, 0.717) is 57.4 Å². The number of hydrogen-bond donors (Lipinski definition) is 4. The molecular formula is C34H35FN10O. The van der Waals surface area contributed by atoms with Crippen molar-refractivity contribution in [3.63, 3.8) is 0 Å². The number of H-pyrrole nitrogens is 2. The van der Waals surface area contributed by atoms with Gasteiger partial charge in [-0.3, -0.25) is 14.9 Å². The van der Waals surface area contributed by atoms with E-state index in [2.05, 4.69) is 40.7 Å². The van der Waals surface area contributed by atoms with Gasteiger partial charge in [0.1, 0.15) is 16.9 Å². The molecule has 1 aliphatic rings. The quantitative estimate of drug-likeness (QED) is 0.149. The summed E-state index contributed by atoms with van der Waals surface area (Å²) in [6.07, 6.45) is 10.3. The predicted octanol–water partition coefficient (Wildman–Crippen LogP) is 6.26. The number of rotatable bonds is 9. The number of anilines is 2. The van der Waals surface area contributed by atoms with Crippen molar-refractivity contribution in [3.8, 4) is 33.9 Å². The van der Waals surface area contributed by atoms with Crippen LogP contribution in [-0.2, 0) is 4.79 Å². The molecule has 1 amide bonds. The van der Waals surface area contributed by atoms with Crippen LogP contribution in [0.25, 0.3) is 56.1 Å². The minimum absolute atomic E-state index is 0.0481. The van der Waals surface area contributed by atoms with E-state index in [4.69, 9.17) is 9.97 Å². The number of nitrogens with zero attached hydrogens (tertiary/aromatic N) is 6. The van der Waals surface area contributed by atoms with E-state index in [9.17, 15) is 9.18 Å². The summed E-state index contributed by atoms with van der Waals surface area (Å²) in [5.41, 5.74) is 7.26. The minimum atomic E-state index is -0.340. The van der Waals surface area contributed by atoms with E-state index < -0.39 is 0 Å². The van der Waals surface area contributed by atoms with Crippen LogP contribution >= 0.6 is 0 Å². The Bertz CT molecular complexity index is 2030. The smallest absolute Gasteiger partial charge is 0.227 e. The molecule has 12 heteroatoms. The SMILES string of the molecule is CN(C)CCNc1cc(F)cc(-c2ccnc3[nH]c(-c4n[nH]c5ccc(-c6cncc(NC(=O)C7CCCCC7)c6)nc45)nc23)c1. The Morgan fingerprint density at radius 3 is 2.67 bits per heavy atom. The standard InChI is InChI=1S/C34H35FN10O/c1-45(2)13-12-37-24-15-21(14-23(35)17-24)26-10-11-38-32-29(26)41-33(42-32)31-30-28(43-44-31)9-8-27(40-30)22-16-25(19-36-18-22)39-34(46)20-6-4-3-5-7-20/h8-11,14-20,37H,3-7,12-13H2,1-2H3,(H,39,46)(H,43,44)(H,38,41,42). The van der Waals surface area contributed by atoms with Crippen molar-refractivity contribution in [1.82, 2.24) is 40.0 Å². The van der Waals surface area contributed by atoms with Crippen LogP contribution in [0.4, 0.5) is 15.8 Å². The maximum atomic E-state index is 14.7. The lowest BCUT2D eigenvalue weighted by atomic mass is 9.88.